The highest BCUT2D eigenvalue weighted by Gasteiger charge is 2.46. The van der Waals surface area contributed by atoms with E-state index in [9.17, 15) is 33.6 Å². The Labute approximate surface area is 462 Å². The number of fused-ring (bicyclic) bond motifs is 8. The van der Waals surface area contributed by atoms with Gasteiger partial charge in [-0.1, -0.05) is 58.0 Å². The summed E-state index contributed by atoms with van der Waals surface area (Å²) in [5, 5.41) is 28.2. The monoisotopic (exact) mass is 1090 g/mol. The first-order valence-electron chi connectivity index (χ1n) is 27.8. The van der Waals surface area contributed by atoms with E-state index < -0.39 is 29.4 Å². The Hall–Kier alpha value is -6.99. The number of amides is 5. The molecule has 2 aromatic carbocycles. The molecule has 1 unspecified atom stereocenters. The summed E-state index contributed by atoms with van der Waals surface area (Å²) in [6.07, 6.45) is 5.92. The number of hydrogen-bond acceptors (Lipinski definition) is 14. The first-order valence-corrected chi connectivity index (χ1v) is 27.8. The van der Waals surface area contributed by atoms with Crippen LogP contribution in [0.1, 0.15) is 125 Å². The number of benzene rings is 2. The van der Waals surface area contributed by atoms with E-state index in [0.29, 0.717) is 72.6 Å². The number of likely N-dealkylation sites (N-methyl/N-ethyl adjacent to an activating group) is 2. The molecule has 21 heteroatoms. The van der Waals surface area contributed by atoms with Crippen LogP contribution in [-0.2, 0) is 41.7 Å². The molecule has 5 heterocycles. The lowest BCUT2D eigenvalue weighted by Gasteiger charge is -2.36. The van der Waals surface area contributed by atoms with Crippen molar-refractivity contribution >= 4 is 41.0 Å². The number of nitrogen functional groups attached to an aromatic ring is 1. The number of nitrogens with one attached hydrogen (secondary N) is 4. The van der Waals surface area contributed by atoms with E-state index >= 15 is 0 Å². The molecule has 6 N–H and O–H groups in total. The zero-order valence-electron chi connectivity index (χ0n) is 46.7. The second-order valence-corrected chi connectivity index (χ2v) is 22.3. The number of aromatic nitrogens is 3. The quantitative estimate of drug-likeness (QED) is 0.0662. The van der Waals surface area contributed by atoms with Gasteiger partial charge in [-0.3, -0.25) is 28.7 Å². The molecule has 1 aliphatic carbocycles. The summed E-state index contributed by atoms with van der Waals surface area (Å²) in [6, 6.07) is 15.4. The van der Waals surface area contributed by atoms with Crippen LogP contribution in [0, 0.1) is 22.6 Å². The normalized spacial score (nSPS) is 19.3. The maximum Gasteiger partial charge on any atom is 0.254 e. The number of ether oxygens (including phenoxy) is 2. The fourth-order valence-electron chi connectivity index (χ4n) is 10.9. The molecule has 4 aromatic rings. The van der Waals surface area contributed by atoms with Crippen LogP contribution in [0.3, 0.4) is 0 Å². The largest absolute Gasteiger partial charge is 0.382 e. The second-order valence-electron chi connectivity index (χ2n) is 22.3. The Morgan fingerprint density at radius 3 is 2.44 bits per heavy atom. The SMILES string of the molecule is CC[C@H](NC(=O)[C@H]1C[C@@H](NCCOCCOCCC(=O)N(C)CCn2nc3c(c2C#N)-c2cnc(N)c(c2)N2CCC[C@@H]2c2cc(F)ccc2C(=O)N(C2CC2)C3)CN1C(=O)C(NC(=O)[C@@H](C)NC)C(C)(C)C)c1ccccc1. The molecule has 6 atom stereocenters. The zero-order chi connectivity index (χ0) is 56.5. The van der Waals surface area contributed by atoms with Gasteiger partial charge in [-0.25, -0.2) is 9.37 Å². The van der Waals surface area contributed by atoms with Crippen LogP contribution in [0.15, 0.2) is 60.8 Å². The van der Waals surface area contributed by atoms with E-state index in [1.54, 1.807) is 52.7 Å². The van der Waals surface area contributed by atoms with Crippen LogP contribution in [0.2, 0.25) is 0 Å². The molecule has 79 heavy (non-hydrogen) atoms. The van der Waals surface area contributed by atoms with Crippen molar-refractivity contribution in [2.45, 2.75) is 135 Å². The van der Waals surface area contributed by atoms with Gasteiger partial charge in [0.2, 0.25) is 23.6 Å². The maximum atomic E-state index is 14.9. The number of carbonyl (C=O) groups is 5. The van der Waals surface area contributed by atoms with Crippen molar-refractivity contribution in [1.82, 2.24) is 50.7 Å². The fraction of sp³-hybridized carbons (Fsp3) is 0.552. The number of nitrogens with two attached hydrogens (primary N) is 1. The lowest BCUT2D eigenvalue weighted by atomic mass is 9.85. The minimum atomic E-state index is -0.874. The van der Waals surface area contributed by atoms with Crippen molar-refractivity contribution in [2.75, 3.05) is 77.3 Å². The number of likely N-dealkylation sites (tertiary alicyclic amines) is 1. The topological polar surface area (TPSA) is 245 Å². The molecule has 3 aliphatic heterocycles. The van der Waals surface area contributed by atoms with Gasteiger partial charge in [0.25, 0.3) is 5.91 Å². The number of pyridine rings is 1. The molecule has 2 aromatic heterocycles. The van der Waals surface area contributed by atoms with Crippen LogP contribution in [-0.4, -0.2) is 156 Å². The molecule has 20 nitrogen and oxygen atoms in total. The minimum absolute atomic E-state index is 0.0292. The van der Waals surface area contributed by atoms with Gasteiger partial charge in [0.15, 0.2) is 0 Å². The summed E-state index contributed by atoms with van der Waals surface area (Å²) in [5.74, 6) is -1.39. The van der Waals surface area contributed by atoms with Gasteiger partial charge in [0.1, 0.15) is 35.5 Å². The Morgan fingerprint density at radius 1 is 1.00 bits per heavy atom. The van der Waals surface area contributed by atoms with Crippen molar-refractivity contribution in [3.8, 4) is 17.2 Å². The smallest absolute Gasteiger partial charge is 0.254 e. The van der Waals surface area contributed by atoms with Gasteiger partial charge in [-0.15, -0.1) is 0 Å². The lowest BCUT2D eigenvalue weighted by molar-refractivity contribution is -0.144. The van der Waals surface area contributed by atoms with Gasteiger partial charge in [0.05, 0.1) is 75.4 Å². The molecule has 5 amide bonds. The van der Waals surface area contributed by atoms with Crippen LogP contribution in [0.4, 0.5) is 15.9 Å². The number of nitriles is 1. The van der Waals surface area contributed by atoms with E-state index in [2.05, 4.69) is 37.2 Å². The summed E-state index contributed by atoms with van der Waals surface area (Å²) in [7, 11) is 3.37. The van der Waals surface area contributed by atoms with Crippen LogP contribution >= 0.6 is 0 Å². The molecule has 4 aliphatic rings. The number of carbonyl (C=O) groups excluding carboxylic acids is 5. The molecule has 424 valence electrons. The van der Waals surface area contributed by atoms with E-state index in [0.717, 1.165) is 24.8 Å². The zero-order valence-corrected chi connectivity index (χ0v) is 46.7. The van der Waals surface area contributed by atoms with Gasteiger partial charge in [-0.2, -0.15) is 10.4 Å². The molecular weight excluding hydrogens is 1010 g/mol. The van der Waals surface area contributed by atoms with Crippen molar-refractivity contribution < 1.29 is 37.8 Å². The number of halogens is 1. The predicted octanol–water partition coefficient (Wildman–Crippen LogP) is 4.84. The Morgan fingerprint density at radius 2 is 1.75 bits per heavy atom. The third-order valence-electron chi connectivity index (χ3n) is 15.7. The summed E-state index contributed by atoms with van der Waals surface area (Å²) in [6.45, 7) is 12.3. The predicted molar refractivity (Wildman–Crippen MR) is 297 cm³/mol. The van der Waals surface area contributed by atoms with E-state index in [4.69, 9.17) is 20.3 Å². The number of rotatable bonds is 22. The lowest BCUT2D eigenvalue weighted by Crippen LogP contribution is -2.59. The Kier molecular flexibility index (Phi) is 19.0. The molecule has 1 saturated carbocycles. The third kappa shape index (κ3) is 13.7. The average Bonchev–Trinajstić information content (AvgIpc) is 4.09. The average molecular weight is 1090 g/mol. The van der Waals surface area contributed by atoms with Crippen molar-refractivity contribution in [1.29, 1.82) is 5.26 Å². The Bertz CT molecular complexity index is 2870. The maximum absolute atomic E-state index is 14.9. The van der Waals surface area contributed by atoms with Crippen molar-refractivity contribution in [3.63, 3.8) is 0 Å². The Balaban J connectivity index is 0.830. The molecule has 3 fully saturated rings. The number of nitrogens with zero attached hydrogens (tertiary/aromatic N) is 8. The summed E-state index contributed by atoms with van der Waals surface area (Å²) >= 11 is 0. The second kappa shape index (κ2) is 25.9. The number of anilines is 2. The highest BCUT2D eigenvalue weighted by molar-refractivity contribution is 5.97. The molecule has 2 bridgehead atoms. The van der Waals surface area contributed by atoms with Crippen molar-refractivity contribution in [3.05, 3.63) is 94.7 Å². The minimum Gasteiger partial charge on any atom is -0.382 e. The highest BCUT2D eigenvalue weighted by atomic mass is 19.1. The van der Waals surface area contributed by atoms with E-state index in [1.165, 1.54) is 12.1 Å². The molecule has 0 spiro atoms. The third-order valence-corrected chi connectivity index (χ3v) is 15.7. The van der Waals surface area contributed by atoms with Crippen LogP contribution in [0.25, 0.3) is 11.1 Å². The van der Waals surface area contributed by atoms with Gasteiger partial charge >= 0.3 is 0 Å². The van der Waals surface area contributed by atoms with Crippen LogP contribution in [0.5, 0.6) is 0 Å². The van der Waals surface area contributed by atoms with E-state index in [-0.39, 0.29) is 118 Å². The van der Waals surface area contributed by atoms with Crippen molar-refractivity contribution in [2.24, 2.45) is 5.41 Å². The molecule has 2 saturated heterocycles. The van der Waals surface area contributed by atoms with Crippen LogP contribution < -0.4 is 31.9 Å². The first kappa shape index (κ1) is 58.2. The number of hydrogen-bond donors (Lipinski definition) is 5. The van der Waals surface area contributed by atoms with Gasteiger partial charge in [-0.05, 0) is 93.3 Å². The van der Waals surface area contributed by atoms with E-state index in [1.807, 2.05) is 64.1 Å². The first-order chi connectivity index (χ1) is 37.9. The molecule has 0 radical (unpaired) electrons. The molecule has 8 rings (SSSR count). The van der Waals surface area contributed by atoms with Gasteiger partial charge in [0, 0.05) is 68.2 Å². The summed E-state index contributed by atoms with van der Waals surface area (Å²) < 4.78 is 28.2. The standard InChI is InChI=1S/C58H78FN13O7/c1-8-44(37-13-10-9-11-14-37)65-55(75)48-31-40(34-71(48)57(77)52(58(3,4)5)66-54(74)36(2)62-6)63-21-26-79-28-27-78-25-20-50(73)68(7)23-24-72-49(32-60)51-38-29-47(53(61)64-33-38)69-22-12-15-46(69)43-30-39(59)16-19-42(43)56(76)70(41-17-18-41)35-45(51)67-72/h9-11,13-14,16,19,29-30,33,36,40-41,44,46,48,52,62-63H,8,12,15,17-18,20-28,31,34-35H2,1-7H3,(H2,61,64)(H,65,75)(H,66,74)/t36-,40-,44+,46-,48-,52?/m1/s1. The highest BCUT2D eigenvalue weighted by Crippen LogP contribution is 2.44. The summed E-state index contributed by atoms with van der Waals surface area (Å²) in [5.41, 5.74) is 10.5. The summed E-state index contributed by atoms with van der Waals surface area (Å²) in [4.78, 5) is 81.1. The fourth-order valence-corrected chi connectivity index (χ4v) is 10.9. The molecular formula is C58H78FN13O7. The van der Waals surface area contributed by atoms with Gasteiger partial charge < -0.3 is 56.1 Å².